The largest absolute Gasteiger partial charge is 0.310 e. The van der Waals surface area contributed by atoms with E-state index in [4.69, 9.17) is 0 Å². The third kappa shape index (κ3) is 4.83. The molecule has 0 spiro atoms. The maximum absolute atomic E-state index is 11.3. The van der Waals surface area contributed by atoms with E-state index < -0.39 is 9.84 Å². The van der Waals surface area contributed by atoms with E-state index in [0.29, 0.717) is 6.42 Å². The number of rotatable bonds is 7. The Morgan fingerprint density at radius 1 is 1.10 bits per heavy atom. The lowest BCUT2D eigenvalue weighted by Gasteiger charge is -2.18. The van der Waals surface area contributed by atoms with Crippen molar-refractivity contribution in [2.75, 3.05) is 18.6 Å². The van der Waals surface area contributed by atoms with Crippen molar-refractivity contribution in [2.24, 2.45) is 0 Å². The number of nitrogens with one attached hydrogen (secondary N) is 1. The standard InChI is InChI=1S/C17H23NO2S/c1-3-18-17(9-6-12-21(2,19)20)16-11-10-14-7-4-5-8-15(14)13-16/h4-5,7-8,10-11,13,17-18H,3,6,9,12H2,1-2H3. The molecule has 0 aromatic heterocycles. The lowest BCUT2D eigenvalue weighted by molar-refractivity contribution is 0.507. The van der Waals surface area contributed by atoms with Crippen LogP contribution in [-0.2, 0) is 9.84 Å². The van der Waals surface area contributed by atoms with Crippen LogP contribution in [0.3, 0.4) is 0 Å². The number of fused-ring (bicyclic) bond motifs is 1. The third-order valence-electron chi connectivity index (χ3n) is 3.63. The number of hydrogen-bond donors (Lipinski definition) is 1. The summed E-state index contributed by atoms with van der Waals surface area (Å²) in [6.07, 6.45) is 2.81. The topological polar surface area (TPSA) is 46.2 Å². The Labute approximate surface area is 127 Å². The monoisotopic (exact) mass is 305 g/mol. The first kappa shape index (κ1) is 16.0. The predicted molar refractivity (Wildman–Crippen MR) is 89.3 cm³/mol. The van der Waals surface area contributed by atoms with E-state index in [9.17, 15) is 8.42 Å². The maximum atomic E-state index is 11.3. The third-order valence-corrected chi connectivity index (χ3v) is 4.66. The number of benzene rings is 2. The molecule has 3 nitrogen and oxygen atoms in total. The highest BCUT2D eigenvalue weighted by molar-refractivity contribution is 7.90. The van der Waals surface area contributed by atoms with Gasteiger partial charge in [0.15, 0.2) is 0 Å². The summed E-state index contributed by atoms with van der Waals surface area (Å²) in [4.78, 5) is 0. The van der Waals surface area contributed by atoms with Gasteiger partial charge in [0, 0.05) is 18.1 Å². The molecule has 0 fully saturated rings. The van der Waals surface area contributed by atoms with Crippen molar-refractivity contribution in [1.29, 1.82) is 0 Å². The highest BCUT2D eigenvalue weighted by atomic mass is 32.2. The molecule has 0 aliphatic heterocycles. The molecule has 1 unspecified atom stereocenters. The Hall–Kier alpha value is -1.39. The van der Waals surface area contributed by atoms with Gasteiger partial charge in [0.25, 0.3) is 0 Å². The second-order valence-corrected chi connectivity index (χ2v) is 7.75. The van der Waals surface area contributed by atoms with Crippen LogP contribution in [0.5, 0.6) is 0 Å². The second kappa shape index (κ2) is 7.05. The molecular formula is C17H23NO2S. The van der Waals surface area contributed by atoms with Crippen LogP contribution in [0.4, 0.5) is 0 Å². The van der Waals surface area contributed by atoms with Crippen LogP contribution in [-0.4, -0.2) is 27.0 Å². The molecule has 0 saturated carbocycles. The summed E-state index contributed by atoms with van der Waals surface area (Å²) in [6.45, 7) is 2.95. The van der Waals surface area contributed by atoms with Crippen LogP contribution in [0.1, 0.15) is 31.4 Å². The van der Waals surface area contributed by atoms with Crippen molar-refractivity contribution in [1.82, 2.24) is 5.32 Å². The molecule has 0 amide bonds. The average Bonchev–Trinajstić information content (AvgIpc) is 2.44. The minimum Gasteiger partial charge on any atom is -0.310 e. The molecule has 0 radical (unpaired) electrons. The summed E-state index contributed by atoms with van der Waals surface area (Å²) >= 11 is 0. The zero-order chi connectivity index (χ0) is 15.3. The molecule has 114 valence electrons. The van der Waals surface area contributed by atoms with Crippen molar-refractivity contribution in [2.45, 2.75) is 25.8 Å². The van der Waals surface area contributed by atoms with Gasteiger partial charge >= 0.3 is 0 Å². The van der Waals surface area contributed by atoms with Gasteiger partial charge < -0.3 is 5.32 Å². The van der Waals surface area contributed by atoms with Gasteiger partial charge in [-0.25, -0.2) is 8.42 Å². The lowest BCUT2D eigenvalue weighted by atomic mass is 9.99. The fraction of sp³-hybridized carbons (Fsp3) is 0.412. The van der Waals surface area contributed by atoms with Crippen molar-refractivity contribution >= 4 is 20.6 Å². The van der Waals surface area contributed by atoms with E-state index >= 15 is 0 Å². The minimum atomic E-state index is -2.88. The van der Waals surface area contributed by atoms with Gasteiger partial charge in [-0.2, -0.15) is 0 Å². The summed E-state index contributed by atoms with van der Waals surface area (Å²) in [7, 11) is -2.88. The molecule has 0 bridgehead atoms. The van der Waals surface area contributed by atoms with Crippen molar-refractivity contribution in [3.63, 3.8) is 0 Å². The van der Waals surface area contributed by atoms with Crippen molar-refractivity contribution in [3.8, 4) is 0 Å². The fourth-order valence-electron chi connectivity index (χ4n) is 2.61. The van der Waals surface area contributed by atoms with Crippen LogP contribution < -0.4 is 5.32 Å². The van der Waals surface area contributed by atoms with E-state index in [1.165, 1.54) is 22.6 Å². The first-order valence-electron chi connectivity index (χ1n) is 7.39. The molecule has 2 rings (SSSR count). The molecule has 1 atom stereocenters. The fourth-order valence-corrected chi connectivity index (χ4v) is 3.30. The second-order valence-electron chi connectivity index (χ2n) is 5.49. The molecule has 4 heteroatoms. The molecule has 0 saturated heterocycles. The average molecular weight is 305 g/mol. The molecular weight excluding hydrogens is 282 g/mol. The van der Waals surface area contributed by atoms with Gasteiger partial charge in [-0.05, 0) is 41.8 Å². The molecule has 21 heavy (non-hydrogen) atoms. The summed E-state index contributed by atoms with van der Waals surface area (Å²) in [5.41, 5.74) is 1.23. The predicted octanol–water partition coefficient (Wildman–Crippen LogP) is 3.32. The van der Waals surface area contributed by atoms with Crippen LogP contribution in [0.2, 0.25) is 0 Å². The van der Waals surface area contributed by atoms with E-state index in [1.807, 2.05) is 12.1 Å². The van der Waals surface area contributed by atoms with Crippen LogP contribution >= 0.6 is 0 Å². The van der Waals surface area contributed by atoms with Crippen LogP contribution in [0.25, 0.3) is 10.8 Å². The van der Waals surface area contributed by atoms with Crippen LogP contribution in [0.15, 0.2) is 42.5 Å². The lowest BCUT2D eigenvalue weighted by Crippen LogP contribution is -2.21. The highest BCUT2D eigenvalue weighted by Gasteiger charge is 2.12. The van der Waals surface area contributed by atoms with E-state index in [-0.39, 0.29) is 11.8 Å². The zero-order valence-electron chi connectivity index (χ0n) is 12.7. The summed E-state index contributed by atoms with van der Waals surface area (Å²) in [5, 5.41) is 5.91. The Morgan fingerprint density at radius 2 is 1.81 bits per heavy atom. The summed E-state index contributed by atoms with van der Waals surface area (Å²) in [5.74, 6) is 0.252. The normalized spacial score (nSPS) is 13.4. The minimum absolute atomic E-state index is 0.210. The molecule has 2 aromatic carbocycles. The zero-order valence-corrected chi connectivity index (χ0v) is 13.5. The Bertz CT molecular complexity index is 695. The van der Waals surface area contributed by atoms with E-state index in [1.54, 1.807) is 0 Å². The number of hydrogen-bond acceptors (Lipinski definition) is 3. The SMILES string of the molecule is CCNC(CCCS(C)(=O)=O)c1ccc2ccccc2c1. The summed E-state index contributed by atoms with van der Waals surface area (Å²) < 4.78 is 22.5. The molecule has 1 N–H and O–H groups in total. The van der Waals surface area contributed by atoms with Gasteiger partial charge in [0.2, 0.25) is 0 Å². The first-order valence-corrected chi connectivity index (χ1v) is 9.45. The molecule has 0 heterocycles. The van der Waals surface area contributed by atoms with Gasteiger partial charge in [0.1, 0.15) is 9.84 Å². The van der Waals surface area contributed by atoms with Gasteiger partial charge in [-0.1, -0.05) is 43.3 Å². The first-order chi connectivity index (χ1) is 9.99. The smallest absolute Gasteiger partial charge is 0.147 e. The molecule has 2 aromatic rings. The van der Waals surface area contributed by atoms with E-state index in [0.717, 1.165) is 13.0 Å². The van der Waals surface area contributed by atoms with Gasteiger partial charge in [-0.3, -0.25) is 0 Å². The Kier molecular flexibility index (Phi) is 5.37. The maximum Gasteiger partial charge on any atom is 0.147 e. The van der Waals surface area contributed by atoms with Crippen molar-refractivity contribution in [3.05, 3.63) is 48.0 Å². The van der Waals surface area contributed by atoms with Gasteiger partial charge in [0.05, 0.1) is 0 Å². The van der Waals surface area contributed by atoms with Crippen LogP contribution in [0, 0.1) is 0 Å². The molecule has 0 aliphatic rings. The van der Waals surface area contributed by atoms with E-state index in [2.05, 4.69) is 42.6 Å². The van der Waals surface area contributed by atoms with Gasteiger partial charge in [-0.15, -0.1) is 0 Å². The number of sulfone groups is 1. The highest BCUT2D eigenvalue weighted by Crippen LogP contribution is 2.23. The van der Waals surface area contributed by atoms with Crippen molar-refractivity contribution < 1.29 is 8.42 Å². The quantitative estimate of drug-likeness (QED) is 0.853. The summed E-state index contributed by atoms with van der Waals surface area (Å²) in [6, 6.07) is 15.0. The molecule has 0 aliphatic carbocycles. The Balaban J connectivity index is 2.15. The Morgan fingerprint density at radius 3 is 2.48 bits per heavy atom.